The van der Waals surface area contributed by atoms with Crippen molar-refractivity contribution in [3.05, 3.63) is 66.4 Å². The van der Waals surface area contributed by atoms with Crippen LogP contribution < -0.4 is 10.6 Å². The van der Waals surface area contributed by atoms with Gasteiger partial charge in [-0.25, -0.2) is 4.98 Å². The molecule has 3 heterocycles. The Hall–Kier alpha value is -3.30. The average Bonchev–Trinajstić information content (AvgIpc) is 3.47. The van der Waals surface area contributed by atoms with Crippen molar-refractivity contribution < 1.29 is 13.9 Å². The van der Waals surface area contributed by atoms with Crippen molar-refractivity contribution in [3.63, 3.8) is 0 Å². The average molecular weight is 453 g/mol. The molecule has 3 atom stereocenters. The number of likely N-dealkylation sites (tertiary alicyclic amines) is 1. The molecule has 2 fully saturated rings. The van der Waals surface area contributed by atoms with Crippen LogP contribution in [0.25, 0.3) is 0 Å². The van der Waals surface area contributed by atoms with Gasteiger partial charge in [-0.05, 0) is 50.0 Å². The van der Waals surface area contributed by atoms with Crippen LogP contribution in [0.4, 0.5) is 15.8 Å². The molecular weight excluding hydrogens is 423 g/mol. The summed E-state index contributed by atoms with van der Waals surface area (Å²) < 4.78 is 19.2. The molecule has 2 aromatic rings. The van der Waals surface area contributed by atoms with Gasteiger partial charge in [-0.3, -0.25) is 15.1 Å². The Kier molecular flexibility index (Phi) is 7.00. The van der Waals surface area contributed by atoms with Gasteiger partial charge in [0.05, 0.1) is 42.4 Å². The number of carbonyl (C=O) groups is 1. The quantitative estimate of drug-likeness (QED) is 0.346. The number of pyridine rings is 1. The summed E-state index contributed by atoms with van der Waals surface area (Å²) in [6.07, 6.45) is 4.15. The molecule has 2 aliphatic rings. The molecule has 2 bridgehead atoms. The van der Waals surface area contributed by atoms with Gasteiger partial charge < -0.3 is 19.9 Å². The number of hydrogen-bond donors (Lipinski definition) is 2. The van der Waals surface area contributed by atoms with Crippen molar-refractivity contribution in [1.82, 2.24) is 20.1 Å². The summed E-state index contributed by atoms with van der Waals surface area (Å²) in [5.41, 5.74) is 2.66. The van der Waals surface area contributed by atoms with Crippen LogP contribution in [0.1, 0.15) is 28.6 Å². The van der Waals surface area contributed by atoms with E-state index in [9.17, 15) is 9.18 Å². The fourth-order valence-electron chi connectivity index (χ4n) is 4.37. The van der Waals surface area contributed by atoms with E-state index >= 15 is 0 Å². The lowest BCUT2D eigenvalue weighted by Crippen LogP contribution is -2.41. The van der Waals surface area contributed by atoms with Crippen molar-refractivity contribution in [1.29, 1.82) is 0 Å². The van der Waals surface area contributed by atoms with E-state index in [1.807, 2.05) is 21.9 Å². The van der Waals surface area contributed by atoms with Gasteiger partial charge in [-0.2, -0.15) is 4.39 Å². The summed E-state index contributed by atoms with van der Waals surface area (Å²) in [5.74, 6) is -0.511. The summed E-state index contributed by atoms with van der Waals surface area (Å²) in [7, 11) is 3.58. The second kappa shape index (κ2) is 10.1. The Balaban J connectivity index is 1.45. The highest BCUT2D eigenvalue weighted by atomic mass is 19.1. The number of anilines is 1. The summed E-state index contributed by atoms with van der Waals surface area (Å²) in [4.78, 5) is 25.3. The number of fused-ring (bicyclic) bond motifs is 2. The smallest absolute Gasteiger partial charge is 0.254 e. The number of hydrogen-bond acceptors (Lipinski definition) is 7. The number of halogens is 1. The zero-order valence-electron chi connectivity index (χ0n) is 18.9. The highest BCUT2D eigenvalue weighted by Crippen LogP contribution is 2.31. The maximum atomic E-state index is 13.6. The van der Waals surface area contributed by atoms with Gasteiger partial charge >= 0.3 is 0 Å². The maximum absolute atomic E-state index is 13.6. The lowest BCUT2D eigenvalue weighted by molar-refractivity contribution is 0.0259. The molecule has 0 aliphatic carbocycles. The first-order valence-corrected chi connectivity index (χ1v) is 11.0. The first-order valence-electron chi connectivity index (χ1n) is 11.0. The zero-order valence-corrected chi connectivity index (χ0v) is 18.9. The third-order valence-electron chi connectivity index (χ3n) is 6.05. The normalized spacial score (nSPS) is 20.3. The molecule has 4 rings (SSSR count). The Morgan fingerprint density at radius 1 is 1.42 bits per heavy atom. The van der Waals surface area contributed by atoms with Crippen molar-refractivity contribution in [2.75, 3.05) is 39.1 Å². The molecule has 1 amide bonds. The number of nitrogens with one attached hydrogen (secondary N) is 2. The van der Waals surface area contributed by atoms with E-state index in [0.29, 0.717) is 36.6 Å². The minimum atomic E-state index is -0.534. The number of carbonyl (C=O) groups excluding carboxylic acids is 1. The summed E-state index contributed by atoms with van der Waals surface area (Å²) in [6.45, 7) is 5.56. The van der Waals surface area contributed by atoms with Crippen molar-refractivity contribution in [2.45, 2.75) is 24.7 Å². The second-order valence-electron chi connectivity index (χ2n) is 8.05. The molecule has 174 valence electrons. The molecule has 2 saturated heterocycles. The third-order valence-corrected chi connectivity index (χ3v) is 6.05. The Morgan fingerprint density at radius 2 is 2.27 bits per heavy atom. The third kappa shape index (κ3) is 4.89. The van der Waals surface area contributed by atoms with Gasteiger partial charge in [0.1, 0.15) is 6.17 Å². The van der Waals surface area contributed by atoms with E-state index in [1.165, 1.54) is 6.07 Å². The molecule has 9 heteroatoms. The highest BCUT2D eigenvalue weighted by molar-refractivity contribution is 5.96. The van der Waals surface area contributed by atoms with E-state index in [4.69, 9.17) is 4.74 Å². The molecule has 2 N–H and O–H groups in total. The molecule has 1 aromatic heterocycles. The standard InChI is InChI=1S/C24H29FN6O2/c1-4-30(23(27-3)20-6-5-7-22(25)29-20)11-10-28-19-9-8-16(12-21(19)26-2)24(32)31-14-18-13-17(31)15-33-18/h4-10,12,17-18,23,26-27H,1,11,13-15H2,2-3H3. The van der Waals surface area contributed by atoms with Crippen LogP contribution in [0.2, 0.25) is 0 Å². The zero-order chi connectivity index (χ0) is 23.4. The molecular formula is C24H29FN6O2. The number of amides is 1. The van der Waals surface area contributed by atoms with Crippen LogP contribution >= 0.6 is 0 Å². The predicted molar refractivity (Wildman–Crippen MR) is 126 cm³/mol. The lowest BCUT2D eigenvalue weighted by Gasteiger charge is -2.28. The second-order valence-corrected chi connectivity index (χ2v) is 8.05. The Morgan fingerprint density at radius 3 is 2.91 bits per heavy atom. The van der Waals surface area contributed by atoms with Crippen LogP contribution in [-0.2, 0) is 4.74 Å². The van der Waals surface area contributed by atoms with Crippen molar-refractivity contribution in [3.8, 4) is 0 Å². The largest absolute Gasteiger partial charge is 0.386 e. The topological polar surface area (TPSA) is 82.1 Å². The number of morpholine rings is 1. The van der Waals surface area contributed by atoms with E-state index in [0.717, 1.165) is 12.1 Å². The minimum absolute atomic E-state index is 0.0233. The van der Waals surface area contributed by atoms with E-state index in [1.54, 1.807) is 44.7 Å². The van der Waals surface area contributed by atoms with Crippen LogP contribution in [0.3, 0.4) is 0 Å². The fraction of sp³-hybridized carbons (Fsp3) is 0.375. The molecule has 0 saturated carbocycles. The molecule has 3 unspecified atom stereocenters. The highest BCUT2D eigenvalue weighted by Gasteiger charge is 2.41. The summed E-state index contributed by atoms with van der Waals surface area (Å²) in [5, 5.41) is 6.25. The summed E-state index contributed by atoms with van der Waals surface area (Å²) >= 11 is 0. The Bertz CT molecular complexity index is 1050. The Labute approximate surface area is 193 Å². The molecule has 2 aliphatic heterocycles. The SMILES string of the molecule is C=CN(CC=Nc1ccc(C(=O)N2CC3CC2CO3)cc1NC)C(NC)c1cccc(F)n1. The van der Waals surface area contributed by atoms with E-state index in [-0.39, 0.29) is 24.2 Å². The van der Waals surface area contributed by atoms with Gasteiger partial charge in [-0.15, -0.1) is 0 Å². The number of nitrogens with zero attached hydrogens (tertiary/aromatic N) is 4. The number of aliphatic imine (C=N–C) groups is 1. The van der Waals surface area contributed by atoms with Gasteiger partial charge in [0, 0.05) is 25.4 Å². The van der Waals surface area contributed by atoms with E-state index in [2.05, 4.69) is 27.2 Å². The first-order chi connectivity index (χ1) is 16.0. The molecule has 0 spiro atoms. The maximum Gasteiger partial charge on any atom is 0.254 e. The first kappa shape index (κ1) is 22.9. The summed E-state index contributed by atoms with van der Waals surface area (Å²) in [6, 6.07) is 10.3. The number of ether oxygens (including phenoxy) is 1. The van der Waals surface area contributed by atoms with Gasteiger partial charge in [0.15, 0.2) is 0 Å². The van der Waals surface area contributed by atoms with Crippen LogP contribution in [0, 0.1) is 5.95 Å². The molecule has 1 aromatic carbocycles. The predicted octanol–water partition coefficient (Wildman–Crippen LogP) is 2.94. The molecule has 0 radical (unpaired) electrons. The van der Waals surface area contributed by atoms with Crippen LogP contribution in [0.15, 0.2) is 54.2 Å². The minimum Gasteiger partial charge on any atom is -0.386 e. The van der Waals surface area contributed by atoms with Gasteiger partial charge in [0.2, 0.25) is 5.95 Å². The monoisotopic (exact) mass is 452 g/mol. The lowest BCUT2D eigenvalue weighted by atomic mass is 10.1. The van der Waals surface area contributed by atoms with Crippen molar-refractivity contribution in [2.24, 2.45) is 4.99 Å². The fourth-order valence-corrected chi connectivity index (χ4v) is 4.37. The number of aromatic nitrogens is 1. The number of rotatable bonds is 9. The van der Waals surface area contributed by atoms with Crippen molar-refractivity contribution >= 4 is 23.5 Å². The van der Waals surface area contributed by atoms with Crippen LogP contribution in [0.5, 0.6) is 0 Å². The molecule has 8 nitrogen and oxygen atoms in total. The van der Waals surface area contributed by atoms with Gasteiger partial charge in [-0.1, -0.05) is 12.6 Å². The van der Waals surface area contributed by atoms with E-state index < -0.39 is 5.95 Å². The van der Waals surface area contributed by atoms with Crippen LogP contribution in [-0.4, -0.2) is 72.8 Å². The number of benzene rings is 1. The van der Waals surface area contributed by atoms with Gasteiger partial charge in [0.25, 0.3) is 5.91 Å². The molecule has 33 heavy (non-hydrogen) atoms.